The first-order valence-corrected chi connectivity index (χ1v) is 9.33. The van der Waals surface area contributed by atoms with Crippen LogP contribution in [0.3, 0.4) is 0 Å². The zero-order valence-electron chi connectivity index (χ0n) is 14.7. The van der Waals surface area contributed by atoms with Gasteiger partial charge >= 0.3 is 0 Å². The number of benzene rings is 1. The van der Waals surface area contributed by atoms with Gasteiger partial charge in [-0.25, -0.2) is 4.98 Å². The quantitative estimate of drug-likeness (QED) is 0.452. The predicted octanol–water partition coefficient (Wildman–Crippen LogP) is 4.33. The molecule has 6 nitrogen and oxygen atoms in total. The number of anilines is 1. The van der Waals surface area contributed by atoms with Crippen molar-refractivity contribution in [1.82, 2.24) is 15.7 Å². The summed E-state index contributed by atoms with van der Waals surface area (Å²) in [6.07, 6.45) is 1.92. The van der Waals surface area contributed by atoms with E-state index in [4.69, 9.17) is 34.8 Å². The number of hydrogen-bond donors (Lipinski definition) is 3. The number of aromatic nitrogens is 1. The van der Waals surface area contributed by atoms with Gasteiger partial charge in [-0.3, -0.25) is 20.4 Å². The lowest BCUT2D eigenvalue weighted by Gasteiger charge is -2.21. The summed E-state index contributed by atoms with van der Waals surface area (Å²) in [6, 6.07) is 7.20. The topological polar surface area (TPSA) is 83.1 Å². The van der Waals surface area contributed by atoms with E-state index in [0.717, 1.165) is 0 Å². The van der Waals surface area contributed by atoms with Crippen molar-refractivity contribution in [2.75, 3.05) is 5.43 Å². The van der Waals surface area contributed by atoms with E-state index in [9.17, 15) is 9.59 Å². The molecule has 1 aromatic carbocycles. The van der Waals surface area contributed by atoms with Crippen molar-refractivity contribution >= 4 is 52.3 Å². The molecule has 2 aromatic rings. The molecule has 0 radical (unpaired) electrons. The van der Waals surface area contributed by atoms with Gasteiger partial charge in [0.05, 0.1) is 16.3 Å². The summed E-state index contributed by atoms with van der Waals surface area (Å²) < 4.78 is 0. The number of amides is 2. The Kier molecular flexibility index (Phi) is 7.71. The molecule has 9 heteroatoms. The maximum atomic E-state index is 12.6. The lowest BCUT2D eigenvalue weighted by Crippen LogP contribution is -2.49. The number of nitrogens with one attached hydrogen (secondary N) is 3. The van der Waals surface area contributed by atoms with Gasteiger partial charge < -0.3 is 5.32 Å². The Morgan fingerprint density at radius 3 is 2.52 bits per heavy atom. The third kappa shape index (κ3) is 6.27. The molecule has 1 heterocycles. The van der Waals surface area contributed by atoms with Gasteiger partial charge in [0.25, 0.3) is 11.8 Å². The summed E-state index contributed by atoms with van der Waals surface area (Å²) in [5.74, 6) is -0.717. The van der Waals surface area contributed by atoms with Crippen LogP contribution in [0.4, 0.5) is 5.69 Å². The summed E-state index contributed by atoms with van der Waals surface area (Å²) in [6.45, 7) is 3.90. The van der Waals surface area contributed by atoms with E-state index >= 15 is 0 Å². The molecular weight excluding hydrogens is 411 g/mol. The molecule has 0 aliphatic rings. The molecule has 0 bridgehead atoms. The molecule has 3 N–H and O–H groups in total. The van der Waals surface area contributed by atoms with Crippen LogP contribution in [0.15, 0.2) is 36.5 Å². The summed E-state index contributed by atoms with van der Waals surface area (Å²) in [4.78, 5) is 28.9. The fraction of sp³-hybridized carbons (Fsp3) is 0.278. The number of rotatable bonds is 7. The van der Waals surface area contributed by atoms with E-state index in [-0.39, 0.29) is 16.6 Å². The average Bonchev–Trinajstić information content (AvgIpc) is 2.60. The van der Waals surface area contributed by atoms with Crippen LogP contribution in [0.25, 0.3) is 0 Å². The van der Waals surface area contributed by atoms with E-state index in [1.165, 1.54) is 6.20 Å². The van der Waals surface area contributed by atoms with Crippen LogP contribution in [-0.2, 0) is 4.79 Å². The lowest BCUT2D eigenvalue weighted by molar-refractivity contribution is -0.122. The van der Waals surface area contributed by atoms with Crippen molar-refractivity contribution in [1.29, 1.82) is 0 Å². The molecule has 0 spiro atoms. The monoisotopic (exact) mass is 428 g/mol. The second-order valence-electron chi connectivity index (χ2n) is 6.24. The number of halogens is 3. The first-order valence-electron chi connectivity index (χ1n) is 8.20. The maximum absolute atomic E-state index is 12.6. The predicted molar refractivity (Wildman–Crippen MR) is 108 cm³/mol. The molecule has 2 rings (SSSR count). The molecule has 27 heavy (non-hydrogen) atoms. The van der Waals surface area contributed by atoms with Gasteiger partial charge in [0, 0.05) is 11.2 Å². The minimum atomic E-state index is -0.771. The Hall–Kier alpha value is -2.02. The average molecular weight is 430 g/mol. The van der Waals surface area contributed by atoms with E-state index in [1.807, 2.05) is 13.8 Å². The van der Waals surface area contributed by atoms with Crippen LogP contribution in [0.1, 0.15) is 30.6 Å². The Morgan fingerprint density at radius 1 is 1.15 bits per heavy atom. The molecular formula is C18H19Cl3N4O2. The van der Waals surface area contributed by atoms with Gasteiger partial charge in [0.2, 0.25) is 0 Å². The Morgan fingerprint density at radius 2 is 1.89 bits per heavy atom. The molecule has 0 aliphatic heterocycles. The van der Waals surface area contributed by atoms with Crippen molar-refractivity contribution in [3.05, 3.63) is 57.3 Å². The smallest absolute Gasteiger partial charge is 0.260 e. The van der Waals surface area contributed by atoms with Gasteiger partial charge in [-0.05, 0) is 42.7 Å². The molecule has 0 saturated carbocycles. The highest BCUT2D eigenvalue weighted by atomic mass is 35.5. The second-order valence-corrected chi connectivity index (χ2v) is 7.44. The Balaban J connectivity index is 2.07. The van der Waals surface area contributed by atoms with Crippen LogP contribution >= 0.6 is 34.8 Å². The molecule has 1 unspecified atom stereocenters. The summed E-state index contributed by atoms with van der Waals surface area (Å²) in [5.41, 5.74) is 5.98. The minimum absolute atomic E-state index is 0.0739. The normalized spacial score (nSPS) is 11.8. The fourth-order valence-electron chi connectivity index (χ4n) is 2.30. The molecule has 144 valence electrons. The van der Waals surface area contributed by atoms with E-state index in [2.05, 4.69) is 21.2 Å². The summed E-state index contributed by atoms with van der Waals surface area (Å²) in [5, 5.41) is 3.61. The molecule has 0 fully saturated rings. The summed E-state index contributed by atoms with van der Waals surface area (Å²) in [7, 11) is 0. The highest BCUT2D eigenvalue weighted by Crippen LogP contribution is 2.24. The van der Waals surface area contributed by atoms with Crippen molar-refractivity contribution < 1.29 is 9.59 Å². The number of carbonyl (C=O) groups excluding carboxylic acids is 2. The van der Waals surface area contributed by atoms with Crippen LogP contribution in [0.2, 0.25) is 15.2 Å². The number of hydrazine groups is 1. The van der Waals surface area contributed by atoms with Gasteiger partial charge in [0.15, 0.2) is 0 Å². The zero-order valence-corrected chi connectivity index (χ0v) is 17.0. The van der Waals surface area contributed by atoms with E-state index < -0.39 is 17.9 Å². The van der Waals surface area contributed by atoms with E-state index in [1.54, 1.807) is 30.3 Å². The van der Waals surface area contributed by atoms with Crippen LogP contribution in [-0.4, -0.2) is 22.8 Å². The van der Waals surface area contributed by atoms with Crippen molar-refractivity contribution in [3.8, 4) is 0 Å². The summed E-state index contributed by atoms with van der Waals surface area (Å²) >= 11 is 17.9. The molecule has 1 atom stereocenters. The molecule has 2 amide bonds. The Bertz CT molecular complexity index is 830. The number of carbonyl (C=O) groups is 2. The van der Waals surface area contributed by atoms with Crippen molar-refractivity contribution in [2.45, 2.75) is 26.3 Å². The number of nitrogens with zero attached hydrogens (tertiary/aromatic N) is 1. The van der Waals surface area contributed by atoms with Gasteiger partial charge in [-0.2, -0.15) is 0 Å². The standard InChI is InChI=1S/C18H19Cl3N4O2/c1-10(2)8-15(23-17(26)12-4-3-7-22-16(12)21)18(27)25-24-14-6-5-11(19)9-13(14)20/h3-7,9-10,15,24H,8H2,1-2H3,(H,23,26)(H,25,27). The SMILES string of the molecule is CC(C)CC(NC(=O)c1cccnc1Cl)C(=O)NNc1ccc(Cl)cc1Cl. The van der Waals surface area contributed by atoms with E-state index in [0.29, 0.717) is 22.2 Å². The van der Waals surface area contributed by atoms with Crippen molar-refractivity contribution in [3.63, 3.8) is 0 Å². The molecule has 0 aliphatic carbocycles. The fourth-order valence-corrected chi connectivity index (χ4v) is 2.96. The van der Waals surface area contributed by atoms with Gasteiger partial charge in [-0.1, -0.05) is 48.7 Å². The van der Waals surface area contributed by atoms with Gasteiger partial charge in [-0.15, -0.1) is 0 Å². The highest BCUT2D eigenvalue weighted by Gasteiger charge is 2.23. The number of pyridine rings is 1. The Labute approximate surface area is 172 Å². The first-order chi connectivity index (χ1) is 12.8. The second kappa shape index (κ2) is 9.78. The molecule has 0 saturated heterocycles. The van der Waals surface area contributed by atoms with Gasteiger partial charge in [0.1, 0.15) is 11.2 Å². The maximum Gasteiger partial charge on any atom is 0.260 e. The molecule has 1 aromatic heterocycles. The lowest BCUT2D eigenvalue weighted by atomic mass is 10.0. The van der Waals surface area contributed by atoms with Crippen LogP contribution in [0, 0.1) is 5.92 Å². The largest absolute Gasteiger partial charge is 0.340 e. The first kappa shape index (κ1) is 21.3. The third-order valence-corrected chi connectivity index (χ3v) is 4.43. The zero-order chi connectivity index (χ0) is 20.0. The van der Waals surface area contributed by atoms with Crippen LogP contribution < -0.4 is 16.2 Å². The van der Waals surface area contributed by atoms with Crippen molar-refractivity contribution in [2.24, 2.45) is 5.92 Å². The third-order valence-electron chi connectivity index (χ3n) is 3.58. The highest BCUT2D eigenvalue weighted by molar-refractivity contribution is 6.36. The number of hydrogen-bond acceptors (Lipinski definition) is 4. The van der Waals surface area contributed by atoms with Crippen LogP contribution in [0.5, 0.6) is 0 Å². The minimum Gasteiger partial charge on any atom is -0.340 e.